The lowest BCUT2D eigenvalue weighted by molar-refractivity contribution is -0.122. The summed E-state index contributed by atoms with van der Waals surface area (Å²) in [6.07, 6.45) is 0.958. The third-order valence-corrected chi connectivity index (χ3v) is 8.48. The van der Waals surface area contributed by atoms with Gasteiger partial charge in [0.05, 0.1) is 29.7 Å². The highest BCUT2D eigenvalue weighted by Crippen LogP contribution is 2.32. The standard InChI is InChI=1S/C27H28N2O6S/c1-2-34-22-12-10-21(11-13-22)29-26(30)17-25(27(29)31)28(18-23-8-5-15-35-23)36(32,33)24-14-9-19-6-3-4-7-20(19)16-24/h3-4,6-7,9-14,16,23,25H,2,5,8,15,17-18H2,1H3. The highest BCUT2D eigenvalue weighted by Gasteiger charge is 2.47. The summed E-state index contributed by atoms with van der Waals surface area (Å²) < 4.78 is 40.2. The number of nitrogens with zero attached hydrogens (tertiary/aromatic N) is 2. The lowest BCUT2D eigenvalue weighted by Crippen LogP contribution is -2.48. The lowest BCUT2D eigenvalue weighted by Gasteiger charge is -2.29. The summed E-state index contributed by atoms with van der Waals surface area (Å²) in [7, 11) is -4.11. The molecule has 0 aliphatic carbocycles. The van der Waals surface area contributed by atoms with Gasteiger partial charge in [-0.3, -0.25) is 9.59 Å². The third-order valence-electron chi connectivity index (χ3n) is 6.61. The maximum Gasteiger partial charge on any atom is 0.252 e. The Morgan fingerprint density at radius 3 is 2.47 bits per heavy atom. The van der Waals surface area contributed by atoms with Crippen LogP contribution in [0.5, 0.6) is 5.75 Å². The number of anilines is 1. The predicted molar refractivity (Wildman–Crippen MR) is 135 cm³/mol. The Kier molecular flexibility index (Phi) is 6.79. The van der Waals surface area contributed by atoms with Crippen molar-refractivity contribution in [3.63, 3.8) is 0 Å². The number of hydrogen-bond acceptors (Lipinski definition) is 6. The SMILES string of the molecule is CCOc1ccc(N2C(=O)CC(N(CC3CCCO3)S(=O)(=O)c3ccc4ccccc4c3)C2=O)cc1. The van der Waals surface area contributed by atoms with Gasteiger partial charge >= 0.3 is 0 Å². The smallest absolute Gasteiger partial charge is 0.252 e. The van der Waals surface area contributed by atoms with Crippen molar-refractivity contribution in [3.05, 3.63) is 66.7 Å². The molecular weight excluding hydrogens is 480 g/mol. The van der Waals surface area contributed by atoms with E-state index < -0.39 is 27.9 Å². The number of carbonyl (C=O) groups is 2. The van der Waals surface area contributed by atoms with Crippen molar-refractivity contribution in [1.29, 1.82) is 0 Å². The van der Waals surface area contributed by atoms with Gasteiger partial charge < -0.3 is 9.47 Å². The molecule has 2 amide bonds. The fraction of sp³-hybridized carbons (Fsp3) is 0.333. The van der Waals surface area contributed by atoms with Gasteiger partial charge in [0.25, 0.3) is 5.91 Å². The van der Waals surface area contributed by atoms with Crippen LogP contribution in [0.15, 0.2) is 71.6 Å². The molecule has 2 heterocycles. The first-order valence-corrected chi connectivity index (χ1v) is 13.5. The summed E-state index contributed by atoms with van der Waals surface area (Å²) >= 11 is 0. The second-order valence-corrected chi connectivity index (χ2v) is 10.8. The number of ether oxygens (including phenoxy) is 2. The average molecular weight is 509 g/mol. The highest BCUT2D eigenvalue weighted by molar-refractivity contribution is 7.89. The lowest BCUT2D eigenvalue weighted by atomic mass is 10.1. The van der Waals surface area contributed by atoms with E-state index in [1.165, 1.54) is 4.31 Å². The molecule has 188 valence electrons. The van der Waals surface area contributed by atoms with Crippen molar-refractivity contribution in [1.82, 2.24) is 4.31 Å². The Labute approximate surface area is 210 Å². The first kappa shape index (κ1) is 24.4. The molecule has 0 bridgehead atoms. The van der Waals surface area contributed by atoms with E-state index in [0.29, 0.717) is 31.1 Å². The first-order valence-electron chi connectivity index (χ1n) is 12.1. The largest absolute Gasteiger partial charge is 0.494 e. The Hall–Kier alpha value is -3.27. The zero-order chi connectivity index (χ0) is 25.3. The molecule has 0 aromatic heterocycles. The quantitative estimate of drug-likeness (QED) is 0.431. The molecule has 3 aromatic carbocycles. The van der Waals surface area contributed by atoms with Crippen LogP contribution in [0.2, 0.25) is 0 Å². The molecule has 2 saturated heterocycles. The molecular formula is C27H28N2O6S. The minimum atomic E-state index is -4.11. The van der Waals surface area contributed by atoms with Gasteiger partial charge in [-0.15, -0.1) is 0 Å². The Bertz CT molecular complexity index is 1380. The number of rotatable bonds is 8. The number of benzene rings is 3. The normalized spacial score (nSPS) is 20.6. The van der Waals surface area contributed by atoms with Gasteiger partial charge in [0.1, 0.15) is 11.8 Å². The van der Waals surface area contributed by atoms with Crippen molar-refractivity contribution in [2.75, 3.05) is 24.7 Å². The van der Waals surface area contributed by atoms with Crippen molar-refractivity contribution >= 4 is 38.3 Å². The molecule has 2 unspecified atom stereocenters. The molecule has 36 heavy (non-hydrogen) atoms. The van der Waals surface area contributed by atoms with Crippen molar-refractivity contribution < 1.29 is 27.5 Å². The van der Waals surface area contributed by atoms with Gasteiger partial charge in [-0.25, -0.2) is 13.3 Å². The van der Waals surface area contributed by atoms with Gasteiger partial charge in [0.2, 0.25) is 15.9 Å². The molecule has 2 aliphatic rings. The van der Waals surface area contributed by atoms with Crippen LogP contribution in [-0.4, -0.2) is 56.4 Å². The summed E-state index contributed by atoms with van der Waals surface area (Å²) in [5.74, 6) is -0.387. The summed E-state index contributed by atoms with van der Waals surface area (Å²) in [6, 6.07) is 17.9. The number of amides is 2. The number of carbonyl (C=O) groups excluding carboxylic acids is 2. The molecule has 0 saturated carbocycles. The fourth-order valence-corrected chi connectivity index (χ4v) is 6.46. The molecule has 0 spiro atoms. The van der Waals surface area contributed by atoms with Crippen molar-refractivity contribution in [2.45, 2.75) is 43.2 Å². The van der Waals surface area contributed by atoms with E-state index in [1.807, 2.05) is 31.2 Å². The van der Waals surface area contributed by atoms with Gasteiger partial charge in [-0.05, 0) is 66.9 Å². The van der Waals surface area contributed by atoms with Crippen LogP contribution in [0, 0.1) is 0 Å². The van der Waals surface area contributed by atoms with E-state index in [2.05, 4.69) is 0 Å². The van der Waals surface area contributed by atoms with E-state index in [4.69, 9.17) is 9.47 Å². The van der Waals surface area contributed by atoms with Crippen LogP contribution >= 0.6 is 0 Å². The van der Waals surface area contributed by atoms with Crippen LogP contribution in [0.1, 0.15) is 26.2 Å². The molecule has 9 heteroatoms. The highest BCUT2D eigenvalue weighted by atomic mass is 32.2. The van der Waals surface area contributed by atoms with Crippen LogP contribution < -0.4 is 9.64 Å². The first-order chi connectivity index (χ1) is 17.4. The number of hydrogen-bond donors (Lipinski definition) is 0. The predicted octanol–water partition coefficient (Wildman–Crippen LogP) is 3.74. The van der Waals surface area contributed by atoms with Crippen molar-refractivity contribution in [2.24, 2.45) is 0 Å². The van der Waals surface area contributed by atoms with E-state index in [1.54, 1.807) is 42.5 Å². The summed E-state index contributed by atoms with van der Waals surface area (Å²) in [5.41, 5.74) is 0.385. The molecule has 2 atom stereocenters. The Balaban J connectivity index is 1.49. The zero-order valence-electron chi connectivity index (χ0n) is 20.0. The zero-order valence-corrected chi connectivity index (χ0v) is 20.8. The molecule has 5 rings (SSSR count). The number of fused-ring (bicyclic) bond motifs is 1. The summed E-state index contributed by atoms with van der Waals surface area (Å²) in [6.45, 7) is 2.92. The summed E-state index contributed by atoms with van der Waals surface area (Å²) in [5, 5.41) is 1.69. The molecule has 0 radical (unpaired) electrons. The molecule has 3 aromatic rings. The van der Waals surface area contributed by atoms with Crippen LogP contribution in [0.4, 0.5) is 5.69 Å². The van der Waals surface area contributed by atoms with Gasteiger partial charge in [-0.1, -0.05) is 30.3 Å². The van der Waals surface area contributed by atoms with Crippen LogP contribution in [-0.2, 0) is 24.3 Å². The van der Waals surface area contributed by atoms with E-state index in [-0.39, 0.29) is 24.0 Å². The van der Waals surface area contributed by atoms with E-state index in [9.17, 15) is 18.0 Å². The van der Waals surface area contributed by atoms with Gasteiger partial charge in [-0.2, -0.15) is 4.31 Å². The molecule has 2 fully saturated rings. The topological polar surface area (TPSA) is 93.2 Å². The van der Waals surface area contributed by atoms with E-state index in [0.717, 1.165) is 22.1 Å². The summed E-state index contributed by atoms with van der Waals surface area (Å²) in [4.78, 5) is 27.7. The third kappa shape index (κ3) is 4.61. The Morgan fingerprint density at radius 2 is 1.78 bits per heavy atom. The fourth-order valence-electron chi connectivity index (χ4n) is 4.82. The molecule has 2 aliphatic heterocycles. The van der Waals surface area contributed by atoms with Crippen LogP contribution in [0.3, 0.4) is 0 Å². The number of sulfonamides is 1. The average Bonchev–Trinajstić information content (AvgIpc) is 3.50. The maximum atomic E-state index is 13.9. The van der Waals surface area contributed by atoms with Crippen LogP contribution in [0.25, 0.3) is 10.8 Å². The second kappa shape index (κ2) is 10.0. The van der Waals surface area contributed by atoms with Gasteiger partial charge in [0, 0.05) is 13.2 Å². The Morgan fingerprint density at radius 1 is 1.03 bits per heavy atom. The minimum absolute atomic E-state index is 0.00989. The maximum absolute atomic E-state index is 13.9. The van der Waals surface area contributed by atoms with E-state index >= 15 is 0 Å². The van der Waals surface area contributed by atoms with Gasteiger partial charge in [0.15, 0.2) is 0 Å². The minimum Gasteiger partial charge on any atom is -0.494 e. The molecule has 8 nitrogen and oxygen atoms in total. The van der Waals surface area contributed by atoms with Crippen molar-refractivity contribution in [3.8, 4) is 5.75 Å². The number of imide groups is 1. The molecule has 0 N–H and O–H groups in total. The monoisotopic (exact) mass is 508 g/mol. The second-order valence-electron chi connectivity index (χ2n) is 8.93.